The maximum Gasteiger partial charge on any atom is 0.372 e. The number of rotatable bonds is 6. The molecule has 4 nitrogen and oxygen atoms in total. The van der Waals surface area contributed by atoms with Crippen LogP contribution >= 0.6 is 0 Å². The van der Waals surface area contributed by atoms with Gasteiger partial charge in [-0.15, -0.1) is 0 Å². The first-order valence-electron chi connectivity index (χ1n) is 6.01. The van der Waals surface area contributed by atoms with Gasteiger partial charge in [0, 0.05) is 11.6 Å². The Kier molecular flexibility index (Phi) is 4.75. The fraction of sp³-hybridized carbons (Fsp3) is 0.615. The summed E-state index contributed by atoms with van der Waals surface area (Å²) in [4.78, 5) is 10.8. The van der Waals surface area contributed by atoms with Crippen LogP contribution in [-0.4, -0.2) is 17.1 Å². The van der Waals surface area contributed by atoms with Gasteiger partial charge >= 0.3 is 5.97 Å². The number of hydrogen-bond donors (Lipinski definition) is 2. The molecule has 96 valence electrons. The summed E-state index contributed by atoms with van der Waals surface area (Å²) in [5.41, 5.74) is 0.672. The van der Waals surface area contributed by atoms with E-state index >= 15 is 0 Å². The van der Waals surface area contributed by atoms with Gasteiger partial charge in [0.2, 0.25) is 5.76 Å². The van der Waals surface area contributed by atoms with E-state index in [1.54, 1.807) is 13.0 Å². The van der Waals surface area contributed by atoms with Crippen molar-refractivity contribution >= 4 is 5.97 Å². The largest absolute Gasteiger partial charge is 0.475 e. The highest BCUT2D eigenvalue weighted by Gasteiger charge is 2.15. The Hall–Kier alpha value is -1.29. The quantitative estimate of drug-likeness (QED) is 0.801. The topological polar surface area (TPSA) is 62.5 Å². The van der Waals surface area contributed by atoms with Crippen molar-refractivity contribution in [3.05, 3.63) is 23.2 Å². The van der Waals surface area contributed by atoms with E-state index in [1.165, 1.54) is 0 Å². The lowest BCUT2D eigenvalue weighted by Crippen LogP contribution is -2.31. The molecule has 0 amide bonds. The number of carbonyl (C=O) groups is 1. The lowest BCUT2D eigenvalue weighted by atomic mass is 10.0. The van der Waals surface area contributed by atoms with E-state index < -0.39 is 5.97 Å². The first-order valence-corrected chi connectivity index (χ1v) is 6.01. The fourth-order valence-corrected chi connectivity index (χ4v) is 1.66. The van der Waals surface area contributed by atoms with Gasteiger partial charge in [0.1, 0.15) is 5.76 Å². The molecule has 0 aliphatic rings. The van der Waals surface area contributed by atoms with E-state index in [2.05, 4.69) is 26.1 Å². The van der Waals surface area contributed by atoms with Crippen molar-refractivity contribution in [2.75, 3.05) is 0 Å². The minimum absolute atomic E-state index is 0.0398. The predicted octanol–water partition coefficient (Wildman–Crippen LogP) is 2.81. The monoisotopic (exact) mass is 239 g/mol. The number of aryl methyl sites for hydroxylation is 1. The van der Waals surface area contributed by atoms with Crippen LogP contribution in [0.15, 0.2) is 10.5 Å². The Bertz CT molecular complexity index is 384. The van der Waals surface area contributed by atoms with Gasteiger partial charge in [-0.05, 0) is 25.8 Å². The smallest absolute Gasteiger partial charge is 0.372 e. The molecule has 0 aliphatic carbocycles. The first-order chi connectivity index (χ1) is 7.95. The molecule has 0 bridgehead atoms. The zero-order chi connectivity index (χ0) is 13.0. The third-order valence-corrected chi connectivity index (χ3v) is 3.26. The number of hydrogen-bond acceptors (Lipinski definition) is 3. The fourth-order valence-electron chi connectivity index (χ4n) is 1.66. The molecule has 0 saturated heterocycles. The summed E-state index contributed by atoms with van der Waals surface area (Å²) in [6, 6.07) is 2.17. The standard InChI is InChI=1S/C13H21NO3/c1-5-8(2)10(4)14-7-11-6-9(3)12(17-11)13(15)16/h6,8,10,14H,5,7H2,1-4H3,(H,15,16). The van der Waals surface area contributed by atoms with Gasteiger partial charge < -0.3 is 14.8 Å². The normalized spacial score (nSPS) is 14.6. The average molecular weight is 239 g/mol. The molecule has 1 aromatic rings. The number of carboxylic acids is 1. The zero-order valence-corrected chi connectivity index (χ0v) is 10.9. The van der Waals surface area contributed by atoms with E-state index in [9.17, 15) is 4.79 Å². The Balaban J connectivity index is 2.58. The summed E-state index contributed by atoms with van der Waals surface area (Å²) in [6.07, 6.45) is 1.12. The van der Waals surface area contributed by atoms with Crippen molar-refractivity contribution in [1.82, 2.24) is 5.32 Å². The second-order valence-electron chi connectivity index (χ2n) is 4.59. The van der Waals surface area contributed by atoms with Crippen molar-refractivity contribution in [2.45, 2.75) is 46.7 Å². The first kappa shape index (κ1) is 13.8. The Labute approximate surface area is 102 Å². The van der Waals surface area contributed by atoms with Crippen molar-refractivity contribution in [3.8, 4) is 0 Å². The summed E-state index contributed by atoms with van der Waals surface area (Å²) in [6.45, 7) is 8.78. The minimum Gasteiger partial charge on any atom is -0.475 e. The molecule has 0 radical (unpaired) electrons. The van der Waals surface area contributed by atoms with Crippen LogP contribution in [0.5, 0.6) is 0 Å². The number of nitrogens with one attached hydrogen (secondary N) is 1. The molecule has 2 unspecified atom stereocenters. The molecule has 1 heterocycles. The molecule has 2 N–H and O–H groups in total. The lowest BCUT2D eigenvalue weighted by molar-refractivity contribution is 0.0659. The van der Waals surface area contributed by atoms with Crippen LogP contribution in [0.1, 0.15) is 49.1 Å². The third kappa shape index (κ3) is 3.60. The van der Waals surface area contributed by atoms with Gasteiger partial charge in [-0.25, -0.2) is 4.79 Å². The highest BCUT2D eigenvalue weighted by atomic mass is 16.4. The highest BCUT2D eigenvalue weighted by molar-refractivity contribution is 5.86. The van der Waals surface area contributed by atoms with Gasteiger partial charge in [0.05, 0.1) is 6.54 Å². The summed E-state index contributed by atoms with van der Waals surface area (Å²) in [5, 5.41) is 12.2. The zero-order valence-electron chi connectivity index (χ0n) is 10.9. The molecule has 0 spiro atoms. The second kappa shape index (κ2) is 5.87. The Morgan fingerprint density at radius 3 is 2.65 bits per heavy atom. The van der Waals surface area contributed by atoms with E-state index in [1.807, 2.05) is 0 Å². The van der Waals surface area contributed by atoms with Crippen molar-refractivity contribution < 1.29 is 14.3 Å². The second-order valence-corrected chi connectivity index (χ2v) is 4.59. The maximum atomic E-state index is 10.8. The van der Waals surface area contributed by atoms with Crippen molar-refractivity contribution in [1.29, 1.82) is 0 Å². The van der Waals surface area contributed by atoms with Gasteiger partial charge in [0.25, 0.3) is 0 Å². The lowest BCUT2D eigenvalue weighted by Gasteiger charge is -2.19. The van der Waals surface area contributed by atoms with Crippen LogP contribution in [0.3, 0.4) is 0 Å². The molecular formula is C13H21NO3. The summed E-state index contributed by atoms with van der Waals surface area (Å²) in [7, 11) is 0. The van der Waals surface area contributed by atoms with Gasteiger partial charge in [0.15, 0.2) is 0 Å². The van der Waals surface area contributed by atoms with E-state index in [4.69, 9.17) is 9.52 Å². The number of aromatic carboxylic acids is 1. The average Bonchev–Trinajstić information content (AvgIpc) is 2.66. The molecular weight excluding hydrogens is 218 g/mol. The van der Waals surface area contributed by atoms with Crippen LogP contribution in [0.4, 0.5) is 0 Å². The highest BCUT2D eigenvalue weighted by Crippen LogP contribution is 2.15. The van der Waals surface area contributed by atoms with Crippen LogP contribution in [0.2, 0.25) is 0 Å². The molecule has 2 atom stereocenters. The van der Waals surface area contributed by atoms with Crippen LogP contribution < -0.4 is 5.32 Å². The number of carboxylic acid groups (broad SMARTS) is 1. The Morgan fingerprint density at radius 2 is 2.18 bits per heavy atom. The van der Waals surface area contributed by atoms with E-state index in [-0.39, 0.29) is 5.76 Å². The van der Waals surface area contributed by atoms with Crippen LogP contribution in [0, 0.1) is 12.8 Å². The van der Waals surface area contributed by atoms with Crippen LogP contribution in [0.25, 0.3) is 0 Å². The Morgan fingerprint density at radius 1 is 1.53 bits per heavy atom. The molecule has 0 aliphatic heterocycles. The van der Waals surface area contributed by atoms with Crippen molar-refractivity contribution in [3.63, 3.8) is 0 Å². The molecule has 0 fully saturated rings. The predicted molar refractivity (Wildman–Crippen MR) is 66.2 cm³/mol. The summed E-state index contributed by atoms with van der Waals surface area (Å²) >= 11 is 0. The van der Waals surface area contributed by atoms with Gasteiger partial charge in [-0.1, -0.05) is 20.3 Å². The summed E-state index contributed by atoms with van der Waals surface area (Å²) in [5.74, 6) is 0.293. The third-order valence-electron chi connectivity index (χ3n) is 3.26. The van der Waals surface area contributed by atoms with Crippen molar-refractivity contribution in [2.24, 2.45) is 5.92 Å². The molecule has 4 heteroatoms. The van der Waals surface area contributed by atoms with E-state index in [0.29, 0.717) is 29.8 Å². The summed E-state index contributed by atoms with van der Waals surface area (Å²) < 4.78 is 5.28. The molecule has 17 heavy (non-hydrogen) atoms. The molecule has 1 rings (SSSR count). The number of furan rings is 1. The molecule has 1 aromatic heterocycles. The molecule has 0 aromatic carbocycles. The minimum atomic E-state index is -1.01. The molecule has 0 saturated carbocycles. The van der Waals surface area contributed by atoms with Gasteiger partial charge in [-0.3, -0.25) is 0 Å². The van der Waals surface area contributed by atoms with Crippen LogP contribution in [-0.2, 0) is 6.54 Å². The maximum absolute atomic E-state index is 10.8. The van der Waals surface area contributed by atoms with Gasteiger partial charge in [-0.2, -0.15) is 0 Å². The van der Waals surface area contributed by atoms with E-state index in [0.717, 1.165) is 6.42 Å². The SMILES string of the molecule is CCC(C)C(C)NCc1cc(C)c(C(=O)O)o1.